The summed E-state index contributed by atoms with van der Waals surface area (Å²) in [7, 11) is 0. The maximum Gasteiger partial charge on any atom is 0.311 e. The first-order valence-electron chi connectivity index (χ1n) is 6.97. The van der Waals surface area contributed by atoms with E-state index in [2.05, 4.69) is 5.43 Å². The smallest absolute Gasteiger partial charge is 0.311 e. The lowest BCUT2D eigenvalue weighted by Crippen LogP contribution is -2.35. The first kappa shape index (κ1) is 16.1. The predicted octanol–water partition coefficient (Wildman–Crippen LogP) is 1.90. The number of halogens is 1. The van der Waals surface area contributed by atoms with Crippen molar-refractivity contribution in [1.82, 2.24) is 5.43 Å². The number of nitro benzene ring substituents is 1. The van der Waals surface area contributed by atoms with E-state index in [1.165, 1.54) is 24.3 Å². The van der Waals surface area contributed by atoms with Crippen molar-refractivity contribution in [2.45, 2.75) is 0 Å². The Bertz CT molecular complexity index is 924. The predicted molar refractivity (Wildman–Crippen MR) is 84.8 cm³/mol. The van der Waals surface area contributed by atoms with Crippen LogP contribution in [0.3, 0.4) is 0 Å². The Morgan fingerprint density at radius 2 is 1.84 bits per heavy atom. The number of para-hydroxylation sites is 1. The lowest BCUT2D eigenvalue weighted by atomic mass is 10.1. The highest BCUT2D eigenvalue weighted by molar-refractivity contribution is 6.31. The van der Waals surface area contributed by atoms with E-state index in [1.54, 1.807) is 0 Å². The zero-order valence-electron chi connectivity index (χ0n) is 12.5. The molecule has 0 atom stereocenters. The van der Waals surface area contributed by atoms with Crippen molar-refractivity contribution in [3.63, 3.8) is 0 Å². The quantitative estimate of drug-likeness (QED) is 0.382. The maximum absolute atomic E-state index is 13.0. The van der Waals surface area contributed by atoms with Gasteiger partial charge in [-0.1, -0.05) is 12.1 Å². The third kappa shape index (κ3) is 2.90. The summed E-state index contributed by atoms with van der Waals surface area (Å²) >= 11 is 0. The maximum atomic E-state index is 13.0. The third-order valence-electron chi connectivity index (χ3n) is 3.52. The Kier molecular flexibility index (Phi) is 3.89. The van der Waals surface area contributed by atoms with Gasteiger partial charge in [-0.05, 0) is 30.3 Å². The molecule has 9 heteroatoms. The summed E-state index contributed by atoms with van der Waals surface area (Å²) in [6.45, 7) is 0. The molecule has 0 radical (unpaired) electrons. The lowest BCUT2D eigenvalue weighted by Gasteiger charge is -2.14. The van der Waals surface area contributed by atoms with Crippen LogP contribution in [0.2, 0.25) is 0 Å². The molecule has 0 bridgehead atoms. The van der Waals surface area contributed by atoms with Gasteiger partial charge in [-0.25, -0.2) is 9.40 Å². The molecule has 1 fully saturated rings. The van der Waals surface area contributed by atoms with Crippen molar-refractivity contribution < 1.29 is 24.0 Å². The van der Waals surface area contributed by atoms with Crippen LogP contribution in [0.25, 0.3) is 6.08 Å². The van der Waals surface area contributed by atoms with Crippen LogP contribution in [0.15, 0.2) is 48.0 Å². The van der Waals surface area contributed by atoms with E-state index >= 15 is 0 Å². The molecule has 0 aliphatic carbocycles. The van der Waals surface area contributed by atoms with Gasteiger partial charge in [0.15, 0.2) is 0 Å². The number of anilines is 1. The Morgan fingerprint density at radius 1 is 1.16 bits per heavy atom. The number of amides is 2. The van der Waals surface area contributed by atoms with E-state index in [0.717, 1.165) is 29.3 Å². The molecule has 1 aliphatic rings. The third-order valence-corrected chi connectivity index (χ3v) is 3.52. The number of hydrazine groups is 1. The fourth-order valence-electron chi connectivity index (χ4n) is 2.30. The number of aromatic hydroxyl groups is 1. The van der Waals surface area contributed by atoms with Gasteiger partial charge >= 0.3 is 5.69 Å². The number of carbonyl (C=O) groups is 2. The highest BCUT2D eigenvalue weighted by atomic mass is 19.1. The van der Waals surface area contributed by atoms with Crippen LogP contribution in [0.5, 0.6) is 5.75 Å². The second kappa shape index (κ2) is 6.04. The first-order valence-corrected chi connectivity index (χ1v) is 6.97. The van der Waals surface area contributed by atoms with E-state index in [1.807, 2.05) is 0 Å². The van der Waals surface area contributed by atoms with Crippen LogP contribution in [-0.2, 0) is 9.59 Å². The molecular weight excluding hydrogens is 333 g/mol. The second-order valence-electron chi connectivity index (χ2n) is 5.09. The number of nitrogens with zero attached hydrogens (tertiary/aromatic N) is 2. The zero-order valence-corrected chi connectivity index (χ0v) is 12.5. The number of nitrogens with one attached hydrogen (secondary N) is 1. The van der Waals surface area contributed by atoms with E-state index in [0.29, 0.717) is 0 Å². The summed E-state index contributed by atoms with van der Waals surface area (Å²) in [6, 6.07) is 8.61. The molecule has 126 valence electrons. The summed E-state index contributed by atoms with van der Waals surface area (Å²) in [5, 5.41) is 21.7. The SMILES string of the molecule is O=C1NN(c2ccc(F)cc2)C(=O)/C1=C\c1cccc([N+](=O)[O-])c1O. The Morgan fingerprint density at radius 3 is 2.48 bits per heavy atom. The van der Waals surface area contributed by atoms with Crippen LogP contribution in [0.4, 0.5) is 15.8 Å². The number of rotatable bonds is 3. The van der Waals surface area contributed by atoms with Crippen molar-refractivity contribution >= 4 is 29.3 Å². The van der Waals surface area contributed by atoms with Gasteiger partial charge in [0.1, 0.15) is 11.4 Å². The normalized spacial score (nSPS) is 15.6. The molecule has 0 spiro atoms. The Balaban J connectivity index is 1.98. The summed E-state index contributed by atoms with van der Waals surface area (Å²) in [4.78, 5) is 34.5. The van der Waals surface area contributed by atoms with Crippen molar-refractivity contribution in [2.75, 3.05) is 5.01 Å². The number of phenolic OH excluding ortho intramolecular Hbond substituents is 1. The molecule has 0 saturated carbocycles. The van der Waals surface area contributed by atoms with Crippen LogP contribution < -0.4 is 10.4 Å². The minimum absolute atomic E-state index is 0.0475. The summed E-state index contributed by atoms with van der Waals surface area (Å²) in [5.74, 6) is -2.64. The van der Waals surface area contributed by atoms with Gasteiger partial charge in [0.2, 0.25) is 5.75 Å². The number of carbonyl (C=O) groups excluding carboxylic acids is 2. The van der Waals surface area contributed by atoms with Crippen molar-refractivity contribution in [2.24, 2.45) is 0 Å². The van der Waals surface area contributed by atoms with Crippen molar-refractivity contribution in [3.05, 3.63) is 69.5 Å². The van der Waals surface area contributed by atoms with Gasteiger partial charge < -0.3 is 5.11 Å². The topological polar surface area (TPSA) is 113 Å². The lowest BCUT2D eigenvalue weighted by molar-refractivity contribution is -0.385. The number of nitro groups is 1. The minimum Gasteiger partial charge on any atom is -0.502 e. The average molecular weight is 343 g/mol. The van der Waals surface area contributed by atoms with Gasteiger partial charge in [0.25, 0.3) is 11.8 Å². The number of hydrogen-bond acceptors (Lipinski definition) is 5. The molecular formula is C16H10FN3O5. The fraction of sp³-hybridized carbons (Fsp3) is 0. The molecule has 2 aromatic rings. The average Bonchev–Trinajstić information content (AvgIpc) is 2.85. The molecule has 25 heavy (non-hydrogen) atoms. The minimum atomic E-state index is -0.779. The van der Waals surface area contributed by atoms with E-state index in [-0.39, 0.29) is 16.8 Å². The zero-order chi connectivity index (χ0) is 18.1. The van der Waals surface area contributed by atoms with Crippen molar-refractivity contribution in [1.29, 1.82) is 0 Å². The Hall–Kier alpha value is -3.75. The Labute approximate surface area is 139 Å². The molecule has 1 heterocycles. The van der Waals surface area contributed by atoms with Gasteiger partial charge in [-0.3, -0.25) is 25.1 Å². The first-order chi connectivity index (χ1) is 11.9. The van der Waals surface area contributed by atoms with Crippen LogP contribution >= 0.6 is 0 Å². The van der Waals surface area contributed by atoms with Crippen LogP contribution in [0.1, 0.15) is 5.56 Å². The highest BCUT2D eigenvalue weighted by Gasteiger charge is 2.35. The van der Waals surface area contributed by atoms with Crippen LogP contribution in [-0.4, -0.2) is 21.8 Å². The summed E-state index contributed by atoms with van der Waals surface area (Å²) < 4.78 is 13.0. The summed E-state index contributed by atoms with van der Waals surface area (Å²) in [6.07, 6.45) is 1.06. The molecule has 3 rings (SSSR count). The van der Waals surface area contributed by atoms with Crippen molar-refractivity contribution in [3.8, 4) is 5.75 Å². The van der Waals surface area contributed by atoms with Gasteiger partial charge in [-0.2, -0.15) is 0 Å². The molecule has 1 aliphatic heterocycles. The molecule has 1 saturated heterocycles. The van der Waals surface area contributed by atoms with Gasteiger partial charge in [0, 0.05) is 11.6 Å². The van der Waals surface area contributed by atoms with Gasteiger partial charge in [0.05, 0.1) is 10.6 Å². The highest BCUT2D eigenvalue weighted by Crippen LogP contribution is 2.32. The fourth-order valence-corrected chi connectivity index (χ4v) is 2.30. The van der Waals surface area contributed by atoms with E-state index in [9.17, 15) is 29.2 Å². The van der Waals surface area contributed by atoms with Crippen LogP contribution in [0, 0.1) is 15.9 Å². The molecule has 0 aromatic heterocycles. The van der Waals surface area contributed by atoms with Gasteiger partial charge in [-0.15, -0.1) is 0 Å². The van der Waals surface area contributed by atoms with E-state index < -0.39 is 34.0 Å². The monoisotopic (exact) mass is 343 g/mol. The largest absolute Gasteiger partial charge is 0.502 e. The molecule has 0 unspecified atom stereocenters. The standard InChI is InChI=1S/C16H10FN3O5/c17-10-4-6-11(7-5-10)19-16(23)12(15(22)18-19)8-9-2-1-3-13(14(9)21)20(24)25/h1-8,21H,(H,18,22)/b12-8-. The van der Waals surface area contributed by atoms with E-state index in [4.69, 9.17) is 0 Å². The number of hydrogen-bond donors (Lipinski definition) is 2. The molecule has 2 aromatic carbocycles. The number of benzene rings is 2. The molecule has 8 nitrogen and oxygen atoms in total. The second-order valence-corrected chi connectivity index (χ2v) is 5.09. The molecule has 2 N–H and O–H groups in total. The summed E-state index contributed by atoms with van der Waals surface area (Å²) in [5.41, 5.74) is 1.63. The number of phenols is 1. The molecule has 2 amide bonds.